The monoisotopic (exact) mass is 368 g/mol. The van der Waals surface area contributed by atoms with Crippen molar-refractivity contribution in [1.82, 2.24) is 10.2 Å². The number of rotatable bonds is 9. The van der Waals surface area contributed by atoms with Crippen LogP contribution in [0.4, 0.5) is 0 Å². The topological polar surface area (TPSA) is 67.9 Å². The summed E-state index contributed by atoms with van der Waals surface area (Å²) in [6.07, 6.45) is 0.250. The molecule has 2 rings (SSSR count). The van der Waals surface area contributed by atoms with Gasteiger partial charge in [-0.05, 0) is 44.4 Å². The fourth-order valence-corrected chi connectivity index (χ4v) is 2.31. The SMILES string of the molecule is COc1c#cc(CC(NC(=O)c2ccccc2)C(=O)OCCN(C)C)cc1. The average molecular weight is 368 g/mol. The molecule has 0 aliphatic heterocycles. The number of esters is 1. The second-order valence-electron chi connectivity index (χ2n) is 6.24. The van der Waals surface area contributed by atoms with E-state index in [4.69, 9.17) is 9.47 Å². The first-order valence-corrected chi connectivity index (χ1v) is 8.63. The van der Waals surface area contributed by atoms with Gasteiger partial charge in [-0.2, -0.15) is 0 Å². The van der Waals surface area contributed by atoms with Crippen LogP contribution in [0, 0.1) is 12.1 Å². The highest BCUT2D eigenvalue weighted by Crippen LogP contribution is 2.09. The number of carbonyl (C=O) groups is 2. The molecule has 0 radical (unpaired) electrons. The summed E-state index contributed by atoms with van der Waals surface area (Å²) in [6, 6.07) is 17.2. The van der Waals surface area contributed by atoms with Crippen molar-refractivity contribution in [3.05, 3.63) is 65.7 Å². The van der Waals surface area contributed by atoms with E-state index < -0.39 is 12.0 Å². The molecule has 6 heteroatoms. The standard InChI is InChI=1S/C21H24N2O4/c1-23(2)13-14-27-21(25)19(15-16-9-11-18(26-3)12-10-16)22-20(24)17-7-5-4-6-8-17/h4-9,11,19H,13-15H2,1-3H3,(H,22,24). The highest BCUT2D eigenvalue weighted by Gasteiger charge is 2.23. The molecule has 1 unspecified atom stereocenters. The van der Waals surface area contributed by atoms with Crippen LogP contribution < -0.4 is 10.1 Å². The van der Waals surface area contributed by atoms with E-state index in [1.165, 1.54) is 0 Å². The van der Waals surface area contributed by atoms with Crippen LogP contribution in [-0.2, 0) is 16.0 Å². The Hall–Kier alpha value is -3.04. The van der Waals surface area contributed by atoms with Gasteiger partial charge < -0.3 is 19.7 Å². The molecule has 0 heterocycles. The lowest BCUT2D eigenvalue weighted by Crippen LogP contribution is -2.43. The third kappa shape index (κ3) is 6.65. The summed E-state index contributed by atoms with van der Waals surface area (Å²) < 4.78 is 10.4. The Morgan fingerprint density at radius 3 is 2.44 bits per heavy atom. The molecular weight excluding hydrogens is 344 g/mol. The first-order valence-electron chi connectivity index (χ1n) is 8.63. The summed E-state index contributed by atoms with van der Waals surface area (Å²) >= 11 is 0. The fraction of sp³-hybridized carbons (Fsp3) is 0.333. The average Bonchev–Trinajstić information content (AvgIpc) is 2.68. The molecule has 0 aliphatic carbocycles. The zero-order chi connectivity index (χ0) is 19.6. The van der Waals surface area contributed by atoms with Crippen molar-refractivity contribution in [2.75, 3.05) is 34.4 Å². The molecule has 0 saturated heterocycles. The number of nitrogens with zero attached hydrogens (tertiary/aromatic N) is 1. The lowest BCUT2D eigenvalue weighted by atomic mass is 10.1. The van der Waals surface area contributed by atoms with Crippen molar-refractivity contribution >= 4 is 11.9 Å². The van der Waals surface area contributed by atoms with E-state index in [0.717, 1.165) is 5.56 Å². The quantitative estimate of drug-likeness (QED) is 0.683. The number of carbonyl (C=O) groups excluding carboxylic acids is 2. The number of methoxy groups -OCH3 is 1. The van der Waals surface area contributed by atoms with E-state index in [9.17, 15) is 9.59 Å². The van der Waals surface area contributed by atoms with Gasteiger partial charge >= 0.3 is 5.97 Å². The number of hydrogen-bond acceptors (Lipinski definition) is 5. The maximum absolute atomic E-state index is 12.5. The molecule has 0 fully saturated rings. The van der Waals surface area contributed by atoms with E-state index in [0.29, 0.717) is 17.9 Å². The van der Waals surface area contributed by atoms with Crippen LogP contribution in [-0.4, -0.2) is 57.2 Å². The highest BCUT2D eigenvalue weighted by molar-refractivity contribution is 5.96. The van der Waals surface area contributed by atoms with Crippen LogP contribution in [0.25, 0.3) is 0 Å². The number of hydrogen-bond donors (Lipinski definition) is 1. The molecule has 6 nitrogen and oxygen atoms in total. The van der Waals surface area contributed by atoms with Crippen molar-refractivity contribution < 1.29 is 19.1 Å². The van der Waals surface area contributed by atoms with Crippen molar-refractivity contribution in [2.24, 2.45) is 0 Å². The largest absolute Gasteiger partial charge is 0.489 e. The second-order valence-corrected chi connectivity index (χ2v) is 6.24. The number of likely N-dealkylation sites (N-methyl/N-ethyl adjacent to an activating group) is 1. The minimum Gasteiger partial charge on any atom is -0.489 e. The van der Waals surface area contributed by atoms with Gasteiger partial charge in [-0.15, -0.1) is 0 Å². The van der Waals surface area contributed by atoms with Crippen molar-refractivity contribution in [3.63, 3.8) is 0 Å². The first kappa shape index (κ1) is 20.3. The highest BCUT2D eigenvalue weighted by atomic mass is 16.5. The molecule has 27 heavy (non-hydrogen) atoms. The Labute approximate surface area is 160 Å². The third-order valence-electron chi connectivity index (χ3n) is 3.83. The summed E-state index contributed by atoms with van der Waals surface area (Å²) in [4.78, 5) is 26.9. The van der Waals surface area contributed by atoms with Gasteiger partial charge in [0.15, 0.2) is 5.75 Å². The van der Waals surface area contributed by atoms with Gasteiger partial charge in [0.1, 0.15) is 12.6 Å². The second kappa shape index (κ2) is 10.2. The normalized spacial score (nSPS) is 11.4. The fourth-order valence-electron chi connectivity index (χ4n) is 2.31. The zero-order valence-corrected chi connectivity index (χ0v) is 15.8. The lowest BCUT2D eigenvalue weighted by molar-refractivity contribution is -0.146. The van der Waals surface area contributed by atoms with Gasteiger partial charge in [-0.25, -0.2) is 4.79 Å². The Balaban J connectivity index is 2.08. The number of benzene rings is 1. The van der Waals surface area contributed by atoms with Gasteiger partial charge in [0.05, 0.1) is 7.11 Å². The molecule has 1 N–H and O–H groups in total. The van der Waals surface area contributed by atoms with E-state index >= 15 is 0 Å². The summed E-state index contributed by atoms with van der Waals surface area (Å²) in [5.41, 5.74) is 1.20. The predicted molar refractivity (Wildman–Crippen MR) is 102 cm³/mol. The molecule has 0 aromatic heterocycles. The van der Waals surface area contributed by atoms with Crippen LogP contribution in [0.5, 0.6) is 5.75 Å². The number of amides is 1. The smallest absolute Gasteiger partial charge is 0.329 e. The van der Waals surface area contributed by atoms with E-state index in [1.54, 1.807) is 43.5 Å². The molecule has 0 bridgehead atoms. The van der Waals surface area contributed by atoms with Gasteiger partial charge in [-0.1, -0.05) is 24.3 Å². The Morgan fingerprint density at radius 2 is 1.85 bits per heavy atom. The van der Waals surface area contributed by atoms with Crippen LogP contribution in [0.1, 0.15) is 15.9 Å². The van der Waals surface area contributed by atoms with E-state index in [1.807, 2.05) is 25.1 Å². The number of ether oxygens (including phenoxy) is 2. The summed E-state index contributed by atoms with van der Waals surface area (Å²) in [7, 11) is 5.33. The van der Waals surface area contributed by atoms with Gasteiger partial charge in [0.2, 0.25) is 0 Å². The molecule has 0 saturated carbocycles. The van der Waals surface area contributed by atoms with Crippen LogP contribution >= 0.6 is 0 Å². The molecule has 2 aromatic carbocycles. The Kier molecular flexibility index (Phi) is 7.65. The Morgan fingerprint density at radius 1 is 1.11 bits per heavy atom. The van der Waals surface area contributed by atoms with Gasteiger partial charge in [0, 0.05) is 24.1 Å². The summed E-state index contributed by atoms with van der Waals surface area (Å²) in [5, 5.41) is 2.76. The molecule has 0 spiro atoms. The van der Waals surface area contributed by atoms with Crippen molar-refractivity contribution in [2.45, 2.75) is 12.5 Å². The third-order valence-corrected chi connectivity index (χ3v) is 3.83. The van der Waals surface area contributed by atoms with Crippen molar-refractivity contribution in [3.8, 4) is 5.75 Å². The first-order chi connectivity index (χ1) is 13.0. The predicted octanol–water partition coefficient (Wildman–Crippen LogP) is 1.74. The molecule has 0 aliphatic rings. The van der Waals surface area contributed by atoms with Crippen LogP contribution in [0.3, 0.4) is 0 Å². The molecule has 142 valence electrons. The summed E-state index contributed by atoms with van der Waals surface area (Å²) in [5.74, 6) is -0.259. The summed E-state index contributed by atoms with van der Waals surface area (Å²) in [6.45, 7) is 0.857. The van der Waals surface area contributed by atoms with Gasteiger partial charge in [0.25, 0.3) is 5.91 Å². The van der Waals surface area contributed by atoms with Gasteiger partial charge in [-0.3, -0.25) is 4.79 Å². The zero-order valence-electron chi connectivity index (χ0n) is 15.8. The minimum atomic E-state index is -0.821. The van der Waals surface area contributed by atoms with E-state index in [2.05, 4.69) is 17.4 Å². The molecule has 1 atom stereocenters. The number of nitrogens with one attached hydrogen (secondary N) is 1. The lowest BCUT2D eigenvalue weighted by Gasteiger charge is -2.18. The maximum Gasteiger partial charge on any atom is 0.329 e. The van der Waals surface area contributed by atoms with Crippen LogP contribution in [0.2, 0.25) is 0 Å². The minimum absolute atomic E-state index is 0.250. The van der Waals surface area contributed by atoms with E-state index in [-0.39, 0.29) is 18.9 Å². The maximum atomic E-state index is 12.5. The molecule has 2 aromatic rings. The Bertz CT molecular complexity index is 730. The molecular formula is C21H24N2O4. The molecule has 1 amide bonds. The van der Waals surface area contributed by atoms with Crippen molar-refractivity contribution in [1.29, 1.82) is 0 Å². The van der Waals surface area contributed by atoms with Crippen LogP contribution in [0.15, 0.2) is 42.5 Å².